The number of anilines is 1. The minimum absolute atomic E-state index is 0.0915. The van der Waals surface area contributed by atoms with Gasteiger partial charge in [-0.3, -0.25) is 14.4 Å². The first-order valence-electron chi connectivity index (χ1n) is 8.97. The van der Waals surface area contributed by atoms with E-state index in [2.05, 4.69) is 0 Å². The van der Waals surface area contributed by atoms with Gasteiger partial charge >= 0.3 is 5.97 Å². The van der Waals surface area contributed by atoms with E-state index in [0.717, 1.165) is 42.9 Å². The van der Waals surface area contributed by atoms with Crippen molar-refractivity contribution in [3.63, 3.8) is 0 Å². The second-order valence-electron chi connectivity index (χ2n) is 6.65. The molecule has 0 saturated carbocycles. The lowest BCUT2D eigenvalue weighted by Gasteiger charge is -2.26. The van der Waals surface area contributed by atoms with Gasteiger partial charge in [-0.1, -0.05) is 0 Å². The molecule has 1 aromatic rings. The molecule has 2 heterocycles. The monoisotopic (exact) mass is 376 g/mol. The molecule has 2 fully saturated rings. The first kappa shape index (κ1) is 18.8. The van der Waals surface area contributed by atoms with Crippen molar-refractivity contribution < 1.29 is 19.1 Å². The summed E-state index contributed by atoms with van der Waals surface area (Å²) in [7, 11) is 0. The van der Waals surface area contributed by atoms with Gasteiger partial charge in [-0.25, -0.2) is 0 Å². The Balaban J connectivity index is 1.52. The lowest BCUT2D eigenvalue weighted by Crippen LogP contribution is -2.39. The Kier molecular flexibility index (Phi) is 6.19. The summed E-state index contributed by atoms with van der Waals surface area (Å²) >= 11 is 1.63. The van der Waals surface area contributed by atoms with Gasteiger partial charge in [-0.15, -0.1) is 11.8 Å². The van der Waals surface area contributed by atoms with E-state index in [1.165, 1.54) is 0 Å². The smallest absolute Gasteiger partial charge is 0.311 e. The number of hydrogen-bond donors (Lipinski definition) is 0. The van der Waals surface area contributed by atoms with Gasteiger partial charge in [0, 0.05) is 36.6 Å². The van der Waals surface area contributed by atoms with Gasteiger partial charge < -0.3 is 14.5 Å². The number of amides is 2. The van der Waals surface area contributed by atoms with Gasteiger partial charge in [0.25, 0.3) is 5.91 Å². The number of hydrogen-bond acceptors (Lipinski definition) is 5. The van der Waals surface area contributed by atoms with E-state index in [4.69, 9.17) is 4.74 Å². The summed E-state index contributed by atoms with van der Waals surface area (Å²) in [6.07, 6.45) is 5.26. The van der Waals surface area contributed by atoms with Gasteiger partial charge in [0.1, 0.15) is 0 Å². The fourth-order valence-electron chi connectivity index (χ4n) is 3.36. The second-order valence-corrected chi connectivity index (χ2v) is 7.53. The van der Waals surface area contributed by atoms with Crippen molar-refractivity contribution >= 4 is 35.2 Å². The number of carbonyl (C=O) groups excluding carboxylic acids is 3. The number of thioether (sulfide) groups is 1. The number of piperidine rings is 1. The summed E-state index contributed by atoms with van der Waals surface area (Å²) in [5.74, 6) is -1.22. The standard InChI is InChI=1S/C19H24N2O4S/c1-26-16-7-5-15(6-8-16)21-12-14(11-17(21)22)19(24)25-13-18(23)20-9-3-2-4-10-20/h5-8,14H,2-4,9-13H2,1H3. The quantitative estimate of drug-likeness (QED) is 0.583. The highest BCUT2D eigenvalue weighted by Crippen LogP contribution is 2.27. The van der Waals surface area contributed by atoms with Crippen LogP contribution >= 0.6 is 11.8 Å². The summed E-state index contributed by atoms with van der Waals surface area (Å²) in [4.78, 5) is 41.1. The summed E-state index contributed by atoms with van der Waals surface area (Å²) in [6.45, 7) is 1.54. The molecular formula is C19H24N2O4S. The topological polar surface area (TPSA) is 66.9 Å². The van der Waals surface area contributed by atoms with Crippen molar-refractivity contribution in [2.75, 3.05) is 37.4 Å². The molecule has 1 unspecified atom stereocenters. The van der Waals surface area contributed by atoms with Gasteiger partial charge in [-0.2, -0.15) is 0 Å². The van der Waals surface area contributed by atoms with Gasteiger partial charge in [0.15, 0.2) is 6.61 Å². The first-order chi connectivity index (χ1) is 12.6. The van der Waals surface area contributed by atoms with E-state index in [1.807, 2.05) is 30.5 Å². The predicted molar refractivity (Wildman–Crippen MR) is 100 cm³/mol. The van der Waals surface area contributed by atoms with Crippen LogP contribution in [0.1, 0.15) is 25.7 Å². The van der Waals surface area contributed by atoms with Crippen LogP contribution in [0.15, 0.2) is 29.2 Å². The maximum atomic E-state index is 12.3. The SMILES string of the molecule is CSc1ccc(N2CC(C(=O)OCC(=O)N3CCCCC3)CC2=O)cc1. The Labute approximate surface area is 157 Å². The molecule has 26 heavy (non-hydrogen) atoms. The molecule has 0 aliphatic carbocycles. The molecule has 0 bridgehead atoms. The Morgan fingerprint density at radius 1 is 1.15 bits per heavy atom. The summed E-state index contributed by atoms with van der Waals surface area (Å²) in [6, 6.07) is 7.68. The Morgan fingerprint density at radius 3 is 2.50 bits per heavy atom. The Hall–Kier alpha value is -2.02. The number of benzene rings is 1. The number of likely N-dealkylation sites (tertiary alicyclic amines) is 1. The second kappa shape index (κ2) is 8.58. The predicted octanol–water partition coefficient (Wildman–Crippen LogP) is 2.32. The number of esters is 1. The van der Waals surface area contributed by atoms with Crippen molar-refractivity contribution in [2.45, 2.75) is 30.6 Å². The summed E-state index contributed by atoms with van der Waals surface area (Å²) in [5.41, 5.74) is 0.785. The molecule has 2 aliphatic heterocycles. The highest BCUT2D eigenvalue weighted by Gasteiger charge is 2.36. The van der Waals surface area contributed by atoms with Crippen molar-refractivity contribution in [1.29, 1.82) is 0 Å². The fourth-order valence-corrected chi connectivity index (χ4v) is 3.77. The Bertz CT molecular complexity index is 671. The van der Waals surface area contributed by atoms with Crippen molar-refractivity contribution in [2.24, 2.45) is 5.92 Å². The first-order valence-corrected chi connectivity index (χ1v) is 10.2. The average Bonchev–Trinajstić information content (AvgIpc) is 3.08. The van der Waals surface area contributed by atoms with Gasteiger partial charge in [0.2, 0.25) is 5.91 Å². The molecule has 2 amide bonds. The third-order valence-electron chi connectivity index (χ3n) is 4.89. The fraction of sp³-hybridized carbons (Fsp3) is 0.526. The van der Waals surface area contributed by atoms with E-state index in [0.29, 0.717) is 6.54 Å². The van der Waals surface area contributed by atoms with Gasteiger partial charge in [-0.05, 0) is 49.8 Å². The molecule has 0 aromatic heterocycles. The normalized spacial score (nSPS) is 20.3. The van der Waals surface area contributed by atoms with Crippen LogP contribution in [0, 0.1) is 5.92 Å². The number of carbonyl (C=O) groups is 3. The number of rotatable bonds is 5. The van der Waals surface area contributed by atoms with E-state index >= 15 is 0 Å². The highest BCUT2D eigenvalue weighted by molar-refractivity contribution is 7.98. The minimum Gasteiger partial charge on any atom is -0.455 e. The lowest BCUT2D eigenvalue weighted by atomic mass is 10.1. The zero-order chi connectivity index (χ0) is 18.5. The molecule has 1 atom stereocenters. The van der Waals surface area contributed by atoms with Gasteiger partial charge in [0.05, 0.1) is 5.92 Å². The summed E-state index contributed by atoms with van der Waals surface area (Å²) < 4.78 is 5.20. The average molecular weight is 376 g/mol. The van der Waals surface area contributed by atoms with Crippen LogP contribution in [0.3, 0.4) is 0 Å². The van der Waals surface area contributed by atoms with Crippen molar-refractivity contribution in [3.8, 4) is 0 Å². The van der Waals surface area contributed by atoms with Crippen LogP contribution in [-0.2, 0) is 19.1 Å². The molecular weight excluding hydrogens is 352 g/mol. The van der Waals surface area contributed by atoms with E-state index in [-0.39, 0.29) is 24.8 Å². The largest absolute Gasteiger partial charge is 0.455 e. The molecule has 0 spiro atoms. The van der Waals surface area contributed by atoms with Crippen LogP contribution in [0.2, 0.25) is 0 Å². The zero-order valence-electron chi connectivity index (χ0n) is 15.0. The van der Waals surface area contributed by atoms with E-state index in [9.17, 15) is 14.4 Å². The van der Waals surface area contributed by atoms with Crippen LogP contribution < -0.4 is 4.90 Å². The lowest BCUT2D eigenvalue weighted by molar-refractivity contribution is -0.155. The molecule has 3 rings (SSSR count). The van der Waals surface area contributed by atoms with Crippen LogP contribution in [-0.4, -0.2) is 55.2 Å². The van der Waals surface area contributed by atoms with Crippen molar-refractivity contribution in [1.82, 2.24) is 4.90 Å². The van der Waals surface area contributed by atoms with E-state index < -0.39 is 11.9 Å². The number of nitrogens with zero attached hydrogens (tertiary/aromatic N) is 2. The summed E-state index contributed by atoms with van der Waals surface area (Å²) in [5, 5.41) is 0. The maximum Gasteiger partial charge on any atom is 0.311 e. The molecule has 0 radical (unpaired) electrons. The molecule has 2 aliphatic rings. The zero-order valence-corrected chi connectivity index (χ0v) is 15.8. The highest BCUT2D eigenvalue weighted by atomic mass is 32.2. The molecule has 1 aromatic carbocycles. The van der Waals surface area contributed by atoms with Crippen LogP contribution in [0.5, 0.6) is 0 Å². The molecule has 7 heteroatoms. The third-order valence-corrected chi connectivity index (χ3v) is 5.63. The number of ether oxygens (including phenoxy) is 1. The maximum absolute atomic E-state index is 12.3. The Morgan fingerprint density at radius 2 is 1.85 bits per heavy atom. The van der Waals surface area contributed by atoms with Crippen LogP contribution in [0.4, 0.5) is 5.69 Å². The van der Waals surface area contributed by atoms with E-state index in [1.54, 1.807) is 21.6 Å². The van der Waals surface area contributed by atoms with Crippen LogP contribution in [0.25, 0.3) is 0 Å². The van der Waals surface area contributed by atoms with Crippen molar-refractivity contribution in [3.05, 3.63) is 24.3 Å². The molecule has 2 saturated heterocycles. The minimum atomic E-state index is -0.517. The molecule has 6 nitrogen and oxygen atoms in total. The third kappa shape index (κ3) is 4.38. The molecule has 140 valence electrons. The molecule has 0 N–H and O–H groups in total.